The number of nitrogens with zero attached hydrogens (tertiary/aromatic N) is 1. The van der Waals surface area contributed by atoms with Gasteiger partial charge < -0.3 is 20.2 Å². The number of benzene rings is 1. The maximum absolute atomic E-state index is 12.8. The molecule has 2 atom stereocenters. The molecule has 2 aromatic rings. The van der Waals surface area contributed by atoms with Gasteiger partial charge in [-0.1, -0.05) is 12.1 Å². The Hall–Kier alpha value is -3.14. The highest BCUT2D eigenvalue weighted by molar-refractivity contribution is 7.90. The summed E-state index contributed by atoms with van der Waals surface area (Å²) >= 11 is 0. The molecule has 0 unspecified atom stereocenters. The van der Waals surface area contributed by atoms with Crippen LogP contribution < -0.4 is 10.6 Å². The molecular formula is C19H19F6N3O6S. The fourth-order valence-electron chi connectivity index (χ4n) is 3.03. The number of sulfone groups is 1. The van der Waals surface area contributed by atoms with Crippen LogP contribution in [0.15, 0.2) is 34.9 Å². The minimum atomic E-state index is -5.08. The van der Waals surface area contributed by atoms with E-state index < -0.39 is 39.6 Å². The molecule has 1 amide bonds. The summed E-state index contributed by atoms with van der Waals surface area (Å²) in [6.45, 7) is 0.396. The van der Waals surface area contributed by atoms with Gasteiger partial charge in [0.1, 0.15) is 9.84 Å². The summed E-state index contributed by atoms with van der Waals surface area (Å²) < 4.78 is 98.2. The van der Waals surface area contributed by atoms with Crippen LogP contribution in [0.25, 0.3) is 11.3 Å². The Labute approximate surface area is 194 Å². The number of alkyl halides is 6. The molecule has 0 aliphatic carbocycles. The van der Waals surface area contributed by atoms with Gasteiger partial charge in [0.05, 0.1) is 17.5 Å². The molecule has 2 heterocycles. The second-order valence-corrected chi connectivity index (χ2v) is 9.70. The fraction of sp³-hybridized carbons (Fsp3) is 0.421. The zero-order chi connectivity index (χ0) is 26.6. The molecule has 194 valence electrons. The largest absolute Gasteiger partial charge is 0.490 e. The van der Waals surface area contributed by atoms with Crippen LogP contribution in [0.3, 0.4) is 0 Å². The molecule has 0 saturated carbocycles. The second-order valence-electron chi connectivity index (χ2n) is 7.51. The molecule has 0 radical (unpaired) electrons. The lowest BCUT2D eigenvalue weighted by Crippen LogP contribution is -2.36. The Balaban J connectivity index is 0.000000540. The van der Waals surface area contributed by atoms with Crippen molar-refractivity contribution in [1.29, 1.82) is 0 Å². The van der Waals surface area contributed by atoms with Gasteiger partial charge in [-0.3, -0.25) is 4.79 Å². The minimum absolute atomic E-state index is 0.0297. The lowest BCUT2D eigenvalue weighted by atomic mass is 10.1. The minimum Gasteiger partial charge on any atom is -0.475 e. The summed E-state index contributed by atoms with van der Waals surface area (Å²) in [5, 5.41) is 12.8. The highest BCUT2D eigenvalue weighted by Crippen LogP contribution is 2.32. The number of hydrogen-bond acceptors (Lipinski definition) is 7. The maximum atomic E-state index is 12.8. The molecule has 0 bridgehead atoms. The van der Waals surface area contributed by atoms with Gasteiger partial charge in [0.15, 0.2) is 5.76 Å². The van der Waals surface area contributed by atoms with Crippen molar-refractivity contribution < 1.29 is 53.9 Å². The quantitative estimate of drug-likeness (QED) is 0.501. The predicted octanol–water partition coefficient (Wildman–Crippen LogP) is 2.50. The molecular weight excluding hydrogens is 512 g/mol. The van der Waals surface area contributed by atoms with Gasteiger partial charge in [-0.2, -0.15) is 26.3 Å². The number of carbonyl (C=O) groups excluding carboxylic acids is 1. The van der Waals surface area contributed by atoms with E-state index >= 15 is 0 Å². The monoisotopic (exact) mass is 531 g/mol. The van der Waals surface area contributed by atoms with Crippen LogP contribution in [-0.4, -0.2) is 67.2 Å². The van der Waals surface area contributed by atoms with Gasteiger partial charge >= 0.3 is 24.2 Å². The number of carbonyl (C=O) groups is 2. The summed E-state index contributed by atoms with van der Waals surface area (Å²) in [5.41, 5.74) is -0.682. The third-order valence-corrected chi connectivity index (χ3v) is 5.49. The molecule has 1 saturated heterocycles. The topological polar surface area (TPSA) is 139 Å². The van der Waals surface area contributed by atoms with E-state index in [9.17, 15) is 39.6 Å². The van der Waals surface area contributed by atoms with Gasteiger partial charge in [0.2, 0.25) is 0 Å². The summed E-state index contributed by atoms with van der Waals surface area (Å²) in [6, 6.07) is 3.96. The predicted molar refractivity (Wildman–Crippen MR) is 108 cm³/mol. The fourth-order valence-corrected chi connectivity index (χ4v) is 4.01. The molecule has 1 aromatic heterocycles. The first-order valence-electron chi connectivity index (χ1n) is 9.61. The van der Waals surface area contributed by atoms with Crippen molar-refractivity contribution in [2.24, 2.45) is 0 Å². The number of hydrogen-bond donors (Lipinski definition) is 3. The highest BCUT2D eigenvalue weighted by atomic mass is 32.2. The first kappa shape index (κ1) is 28.1. The van der Waals surface area contributed by atoms with E-state index in [0.29, 0.717) is 13.0 Å². The van der Waals surface area contributed by atoms with Gasteiger partial charge in [-0.05, 0) is 18.6 Å². The molecule has 1 aliphatic rings. The second kappa shape index (κ2) is 10.6. The van der Waals surface area contributed by atoms with Gasteiger partial charge in [-0.25, -0.2) is 18.2 Å². The van der Waals surface area contributed by atoms with E-state index in [4.69, 9.17) is 14.3 Å². The summed E-state index contributed by atoms with van der Waals surface area (Å²) in [5.74, 6) is -3.65. The molecule has 0 spiro atoms. The van der Waals surface area contributed by atoms with Crippen LogP contribution in [0.2, 0.25) is 0 Å². The number of carboxylic acid groups (broad SMARTS) is 1. The van der Waals surface area contributed by atoms with E-state index in [1.165, 1.54) is 18.3 Å². The Morgan fingerprint density at radius 3 is 2.40 bits per heavy atom. The first-order valence-corrected chi connectivity index (χ1v) is 11.7. The molecule has 3 N–H and O–H groups in total. The van der Waals surface area contributed by atoms with Crippen molar-refractivity contribution >= 4 is 21.7 Å². The normalized spacial score (nSPS) is 18.5. The average Bonchev–Trinajstić information content (AvgIpc) is 3.36. The molecule has 35 heavy (non-hydrogen) atoms. The van der Waals surface area contributed by atoms with Crippen molar-refractivity contribution in [3.63, 3.8) is 0 Å². The lowest BCUT2D eigenvalue weighted by molar-refractivity contribution is -0.192. The van der Waals surface area contributed by atoms with E-state index in [1.54, 1.807) is 0 Å². The zero-order valence-electron chi connectivity index (χ0n) is 17.8. The number of halogens is 6. The maximum Gasteiger partial charge on any atom is 0.490 e. The van der Waals surface area contributed by atoms with Crippen LogP contribution in [-0.2, 0) is 20.8 Å². The van der Waals surface area contributed by atoms with Crippen LogP contribution in [0.4, 0.5) is 26.3 Å². The van der Waals surface area contributed by atoms with Gasteiger partial charge in [-0.15, -0.1) is 0 Å². The van der Waals surface area contributed by atoms with Gasteiger partial charge in [0, 0.05) is 30.4 Å². The number of aliphatic carboxylic acids is 1. The number of nitrogens with one attached hydrogen (secondary N) is 2. The molecule has 16 heteroatoms. The number of aromatic nitrogens is 1. The number of rotatable bonds is 5. The summed E-state index contributed by atoms with van der Waals surface area (Å²) in [6.07, 6.45) is -6.82. The van der Waals surface area contributed by atoms with Crippen molar-refractivity contribution in [3.8, 4) is 11.3 Å². The molecule has 1 fully saturated rings. The van der Waals surface area contributed by atoms with Crippen LogP contribution in [0.5, 0.6) is 0 Å². The Morgan fingerprint density at radius 1 is 1.23 bits per heavy atom. The van der Waals surface area contributed by atoms with Crippen molar-refractivity contribution in [1.82, 2.24) is 15.6 Å². The van der Waals surface area contributed by atoms with Crippen molar-refractivity contribution in [2.45, 2.75) is 30.9 Å². The molecule has 9 nitrogen and oxygen atoms in total. The molecule has 1 aliphatic heterocycles. The SMILES string of the molecule is CS(=O)(=O)C[C@@H]1C[C@@H](NC(=O)c2ncc(-c3cccc(C(F)(F)F)c3)o2)CN1.O=C(O)C(F)(F)F. The number of oxazole rings is 1. The van der Waals surface area contributed by atoms with Crippen molar-refractivity contribution in [2.75, 3.05) is 18.6 Å². The van der Waals surface area contributed by atoms with Crippen LogP contribution >= 0.6 is 0 Å². The smallest absolute Gasteiger partial charge is 0.475 e. The standard InChI is InChI=1S/C17H18F3N3O4S.C2HF3O2/c1-28(25,26)9-13-6-12(7-21-13)23-15(24)16-22-8-14(27-16)10-3-2-4-11(5-10)17(18,19)20;3-2(4,5)1(6)7/h2-5,8,12-13,21H,6-7,9H2,1H3,(H,23,24);(H,6,7)/t12-,13+;/m1./s1. The summed E-state index contributed by atoms with van der Waals surface area (Å²) in [4.78, 5) is 25.0. The van der Waals surface area contributed by atoms with Crippen LogP contribution in [0.1, 0.15) is 22.7 Å². The number of carboxylic acids is 1. The molecule has 3 rings (SSSR count). The highest BCUT2D eigenvalue weighted by Gasteiger charge is 2.38. The third kappa shape index (κ3) is 8.86. The number of amides is 1. The lowest BCUT2D eigenvalue weighted by Gasteiger charge is -2.10. The van der Waals surface area contributed by atoms with E-state index in [1.807, 2.05) is 0 Å². The zero-order valence-corrected chi connectivity index (χ0v) is 18.6. The van der Waals surface area contributed by atoms with Crippen LogP contribution in [0, 0.1) is 0 Å². The van der Waals surface area contributed by atoms with E-state index in [0.717, 1.165) is 18.4 Å². The average molecular weight is 531 g/mol. The van der Waals surface area contributed by atoms with Crippen molar-refractivity contribution in [3.05, 3.63) is 41.9 Å². The third-order valence-electron chi connectivity index (χ3n) is 4.48. The Kier molecular flexibility index (Phi) is 8.54. The Morgan fingerprint density at radius 2 is 1.86 bits per heavy atom. The Bertz CT molecular complexity index is 1160. The molecule has 1 aromatic carbocycles. The first-order chi connectivity index (χ1) is 16.0. The van der Waals surface area contributed by atoms with E-state index in [-0.39, 0.29) is 35.1 Å². The van der Waals surface area contributed by atoms with E-state index in [2.05, 4.69) is 15.6 Å². The van der Waals surface area contributed by atoms with Gasteiger partial charge in [0.25, 0.3) is 5.89 Å². The summed E-state index contributed by atoms with van der Waals surface area (Å²) in [7, 11) is -3.14.